The van der Waals surface area contributed by atoms with Crippen molar-refractivity contribution in [3.05, 3.63) is 54.5 Å². The third kappa shape index (κ3) is 3.18. The molecular formula is C16H20N4O. The van der Waals surface area contributed by atoms with Crippen LogP contribution in [0.4, 0.5) is 5.69 Å². The first-order valence-electron chi connectivity index (χ1n) is 7.17. The highest BCUT2D eigenvalue weighted by molar-refractivity contribution is 5.81. The molecule has 0 aromatic heterocycles. The number of carbonyl (C=O) groups is 1. The van der Waals surface area contributed by atoms with Gasteiger partial charge in [0.25, 0.3) is 0 Å². The van der Waals surface area contributed by atoms with Gasteiger partial charge in [-0.1, -0.05) is 31.4 Å². The lowest BCUT2D eigenvalue weighted by Gasteiger charge is -2.18. The Morgan fingerprint density at radius 3 is 2.71 bits per heavy atom. The normalized spacial score (nSPS) is 20.7. The summed E-state index contributed by atoms with van der Waals surface area (Å²) in [6.07, 6.45) is 1.94. The Morgan fingerprint density at radius 1 is 1.29 bits per heavy atom. The Morgan fingerprint density at radius 2 is 2.05 bits per heavy atom. The minimum Gasteiger partial charge on any atom is -0.360 e. The molecule has 1 atom stereocenters. The first-order valence-corrected chi connectivity index (χ1v) is 7.17. The maximum Gasteiger partial charge on any atom is 0.223 e. The van der Waals surface area contributed by atoms with E-state index in [4.69, 9.17) is 0 Å². The van der Waals surface area contributed by atoms with Crippen LogP contribution in [-0.4, -0.2) is 12.1 Å². The van der Waals surface area contributed by atoms with E-state index in [1.807, 2.05) is 24.3 Å². The van der Waals surface area contributed by atoms with E-state index in [2.05, 4.69) is 34.4 Å². The molecule has 1 aromatic carbocycles. The third-order valence-electron chi connectivity index (χ3n) is 3.70. The van der Waals surface area contributed by atoms with Crippen molar-refractivity contribution in [3.63, 3.8) is 0 Å². The molecule has 0 radical (unpaired) electrons. The Bertz CT molecular complexity index is 592. The van der Waals surface area contributed by atoms with Crippen molar-refractivity contribution in [3.8, 4) is 0 Å². The molecular weight excluding hydrogens is 264 g/mol. The number of para-hydroxylation sites is 1. The molecule has 5 nitrogen and oxygen atoms in total. The van der Waals surface area contributed by atoms with Gasteiger partial charge in [-0.2, -0.15) is 0 Å². The Kier molecular flexibility index (Phi) is 3.56. The van der Waals surface area contributed by atoms with E-state index in [9.17, 15) is 4.79 Å². The minimum atomic E-state index is -0.0993. The molecule has 21 heavy (non-hydrogen) atoms. The molecule has 1 aromatic rings. The Balaban J connectivity index is 1.65. The van der Waals surface area contributed by atoms with Crippen LogP contribution in [0.3, 0.4) is 0 Å². The monoisotopic (exact) mass is 284 g/mol. The molecule has 1 aliphatic heterocycles. The molecule has 2 fully saturated rings. The van der Waals surface area contributed by atoms with E-state index in [-0.39, 0.29) is 18.0 Å². The molecule has 2 aliphatic rings. The smallest absolute Gasteiger partial charge is 0.223 e. The molecule has 110 valence electrons. The summed E-state index contributed by atoms with van der Waals surface area (Å²) in [5.41, 5.74) is 2.86. The summed E-state index contributed by atoms with van der Waals surface area (Å²) in [7, 11) is 0. The summed E-state index contributed by atoms with van der Waals surface area (Å²) < 4.78 is 0. The second-order valence-corrected chi connectivity index (χ2v) is 5.50. The maximum absolute atomic E-state index is 11.7. The van der Waals surface area contributed by atoms with Gasteiger partial charge in [0.1, 0.15) is 6.17 Å². The predicted octanol–water partition coefficient (Wildman–Crippen LogP) is 1.63. The molecule has 1 saturated carbocycles. The zero-order chi connectivity index (χ0) is 14.8. The van der Waals surface area contributed by atoms with Crippen LogP contribution in [0.15, 0.2) is 48.9 Å². The zero-order valence-electron chi connectivity index (χ0n) is 11.9. The summed E-state index contributed by atoms with van der Waals surface area (Å²) in [4.78, 5) is 11.7. The van der Waals surface area contributed by atoms with Crippen LogP contribution in [0.5, 0.6) is 0 Å². The molecule has 1 aliphatic carbocycles. The molecule has 0 spiro atoms. The number of amides is 1. The Labute approximate surface area is 124 Å². The summed E-state index contributed by atoms with van der Waals surface area (Å²) >= 11 is 0. The highest BCUT2D eigenvalue weighted by Gasteiger charge is 2.29. The van der Waals surface area contributed by atoms with Crippen LogP contribution in [0.1, 0.15) is 18.4 Å². The number of anilines is 1. The third-order valence-corrected chi connectivity index (χ3v) is 3.70. The second kappa shape index (κ2) is 5.52. The number of rotatable bonds is 5. The topological polar surface area (TPSA) is 65.2 Å². The minimum absolute atomic E-state index is 0.0993. The van der Waals surface area contributed by atoms with Gasteiger partial charge in [-0.15, -0.1) is 0 Å². The number of hydrogen-bond donors (Lipinski definition) is 4. The summed E-state index contributed by atoms with van der Waals surface area (Å²) in [6, 6.07) is 7.94. The molecule has 4 N–H and O–H groups in total. The lowest BCUT2D eigenvalue weighted by atomic mass is 10.1. The fourth-order valence-electron chi connectivity index (χ4n) is 2.33. The second-order valence-electron chi connectivity index (χ2n) is 5.50. The van der Waals surface area contributed by atoms with Crippen LogP contribution in [0.25, 0.3) is 0 Å². The van der Waals surface area contributed by atoms with Gasteiger partial charge < -0.3 is 21.3 Å². The van der Waals surface area contributed by atoms with E-state index < -0.39 is 0 Å². The summed E-state index contributed by atoms with van der Waals surface area (Å²) in [5, 5.41) is 12.6. The van der Waals surface area contributed by atoms with E-state index in [1.54, 1.807) is 0 Å². The largest absolute Gasteiger partial charge is 0.360 e. The van der Waals surface area contributed by atoms with Crippen molar-refractivity contribution in [2.75, 3.05) is 5.32 Å². The lowest BCUT2D eigenvalue weighted by Crippen LogP contribution is -2.31. The molecule has 1 unspecified atom stereocenters. The quantitative estimate of drug-likeness (QED) is 0.663. The van der Waals surface area contributed by atoms with Gasteiger partial charge in [-0.05, 0) is 24.5 Å². The van der Waals surface area contributed by atoms with Crippen LogP contribution in [-0.2, 0) is 11.3 Å². The average molecular weight is 284 g/mol. The van der Waals surface area contributed by atoms with Gasteiger partial charge in [-0.25, -0.2) is 0 Å². The van der Waals surface area contributed by atoms with Gasteiger partial charge >= 0.3 is 0 Å². The van der Waals surface area contributed by atoms with Gasteiger partial charge in [0.15, 0.2) is 0 Å². The van der Waals surface area contributed by atoms with Crippen LogP contribution in [0.2, 0.25) is 0 Å². The van der Waals surface area contributed by atoms with Gasteiger partial charge in [0.05, 0.1) is 11.5 Å². The van der Waals surface area contributed by atoms with E-state index >= 15 is 0 Å². The highest BCUT2D eigenvalue weighted by Crippen LogP contribution is 2.29. The highest BCUT2D eigenvalue weighted by atomic mass is 16.2. The first kappa shape index (κ1) is 13.5. The molecule has 1 saturated heterocycles. The zero-order valence-corrected chi connectivity index (χ0v) is 11.9. The lowest BCUT2D eigenvalue weighted by molar-refractivity contribution is -0.122. The first-order chi connectivity index (χ1) is 10.1. The van der Waals surface area contributed by atoms with Gasteiger partial charge in [0.2, 0.25) is 5.91 Å². The number of hydrogen-bond acceptors (Lipinski definition) is 4. The van der Waals surface area contributed by atoms with Gasteiger partial charge in [-0.3, -0.25) is 4.79 Å². The number of nitrogens with one attached hydrogen (secondary N) is 4. The fraction of sp³-hybridized carbons (Fsp3) is 0.312. The van der Waals surface area contributed by atoms with Crippen molar-refractivity contribution >= 4 is 11.6 Å². The summed E-state index contributed by atoms with van der Waals surface area (Å²) in [6.45, 7) is 8.31. The standard InChI is InChI=1S/C16H20N4O/c1-10-15(19-11(2)18-10)20-14-6-4-3-5-13(14)9-17-16(21)12-7-8-12/h3-6,12,15,18-20H,1-2,7-9H2,(H,17,21). The fourth-order valence-corrected chi connectivity index (χ4v) is 2.33. The van der Waals surface area contributed by atoms with Crippen molar-refractivity contribution in [1.29, 1.82) is 0 Å². The van der Waals surface area contributed by atoms with Crippen LogP contribution < -0.4 is 21.3 Å². The summed E-state index contributed by atoms with van der Waals surface area (Å²) in [5.74, 6) is 1.12. The van der Waals surface area contributed by atoms with Crippen molar-refractivity contribution < 1.29 is 4.79 Å². The Hall–Kier alpha value is -2.43. The van der Waals surface area contributed by atoms with Crippen LogP contribution in [0, 0.1) is 5.92 Å². The SMILES string of the molecule is C=C1NC(=C)C(Nc2ccccc2CNC(=O)C2CC2)N1. The van der Waals surface area contributed by atoms with Crippen molar-refractivity contribution in [2.24, 2.45) is 5.92 Å². The molecule has 1 amide bonds. The van der Waals surface area contributed by atoms with E-state index in [1.165, 1.54) is 0 Å². The van der Waals surface area contributed by atoms with Crippen molar-refractivity contribution in [1.82, 2.24) is 16.0 Å². The molecule has 5 heteroatoms. The van der Waals surface area contributed by atoms with Gasteiger partial charge in [0, 0.05) is 18.2 Å². The average Bonchev–Trinajstić information content (AvgIpc) is 3.25. The van der Waals surface area contributed by atoms with Crippen LogP contribution >= 0.6 is 0 Å². The van der Waals surface area contributed by atoms with E-state index in [0.29, 0.717) is 6.54 Å². The van der Waals surface area contributed by atoms with E-state index in [0.717, 1.165) is 35.6 Å². The number of benzene rings is 1. The van der Waals surface area contributed by atoms with Crippen molar-refractivity contribution in [2.45, 2.75) is 25.6 Å². The molecule has 1 heterocycles. The molecule has 0 bridgehead atoms. The molecule has 3 rings (SSSR count). The number of carbonyl (C=O) groups excluding carboxylic acids is 1. The maximum atomic E-state index is 11.7. The predicted molar refractivity (Wildman–Crippen MR) is 83.0 cm³/mol.